The van der Waals surface area contributed by atoms with Gasteiger partial charge in [0.1, 0.15) is 5.76 Å². The lowest BCUT2D eigenvalue weighted by Crippen LogP contribution is -2.04. The van der Waals surface area contributed by atoms with Crippen molar-refractivity contribution in [1.82, 2.24) is 10.3 Å². The third kappa shape index (κ3) is 1.91. The molecule has 0 saturated heterocycles. The Kier molecular flexibility index (Phi) is 2.36. The molecule has 0 aromatic carbocycles. The van der Waals surface area contributed by atoms with Crippen LogP contribution in [0.3, 0.4) is 0 Å². The van der Waals surface area contributed by atoms with Gasteiger partial charge in [-0.25, -0.2) is 4.98 Å². The second kappa shape index (κ2) is 3.50. The lowest BCUT2D eigenvalue weighted by molar-refractivity contribution is 0.409. The maximum atomic E-state index is 5.61. The SMILES string of the molecule is CNCc1ncc(C(C)C2CC2)o1. The van der Waals surface area contributed by atoms with Gasteiger partial charge in [0.25, 0.3) is 0 Å². The summed E-state index contributed by atoms with van der Waals surface area (Å²) in [6.07, 6.45) is 4.57. The fourth-order valence-electron chi connectivity index (χ4n) is 1.60. The van der Waals surface area contributed by atoms with Crippen molar-refractivity contribution >= 4 is 0 Å². The van der Waals surface area contributed by atoms with Crippen LogP contribution in [-0.2, 0) is 6.54 Å². The predicted octanol–water partition coefficient (Wildman–Crippen LogP) is 1.91. The third-order valence-electron chi connectivity index (χ3n) is 2.68. The number of hydrogen-bond donors (Lipinski definition) is 1. The van der Waals surface area contributed by atoms with E-state index in [-0.39, 0.29) is 0 Å². The zero-order valence-corrected chi connectivity index (χ0v) is 8.21. The molecule has 1 atom stereocenters. The van der Waals surface area contributed by atoms with Crippen molar-refractivity contribution in [2.75, 3.05) is 7.05 Å². The average Bonchev–Trinajstić information content (AvgIpc) is 2.87. The van der Waals surface area contributed by atoms with Crippen molar-refractivity contribution in [2.45, 2.75) is 32.2 Å². The zero-order valence-electron chi connectivity index (χ0n) is 8.21. The molecule has 1 unspecified atom stereocenters. The zero-order chi connectivity index (χ0) is 9.26. The minimum Gasteiger partial charge on any atom is -0.444 e. The molecule has 72 valence electrons. The predicted molar refractivity (Wildman–Crippen MR) is 50.4 cm³/mol. The lowest BCUT2D eigenvalue weighted by Gasteiger charge is -2.03. The fraction of sp³-hybridized carbons (Fsp3) is 0.700. The van der Waals surface area contributed by atoms with Crippen molar-refractivity contribution in [1.29, 1.82) is 0 Å². The van der Waals surface area contributed by atoms with Gasteiger partial charge in [-0.1, -0.05) is 6.92 Å². The van der Waals surface area contributed by atoms with Gasteiger partial charge in [-0.05, 0) is 25.8 Å². The van der Waals surface area contributed by atoms with Crippen LogP contribution in [0.5, 0.6) is 0 Å². The molecule has 0 bridgehead atoms. The number of oxazole rings is 1. The Bertz CT molecular complexity index is 278. The van der Waals surface area contributed by atoms with E-state index in [1.165, 1.54) is 12.8 Å². The molecule has 1 heterocycles. The number of nitrogens with one attached hydrogen (secondary N) is 1. The second-order valence-corrected chi connectivity index (χ2v) is 3.81. The molecule has 1 aromatic rings. The Balaban J connectivity index is 2.03. The van der Waals surface area contributed by atoms with Crippen LogP contribution in [0, 0.1) is 5.92 Å². The van der Waals surface area contributed by atoms with E-state index in [2.05, 4.69) is 17.2 Å². The van der Waals surface area contributed by atoms with Crippen LogP contribution in [0.2, 0.25) is 0 Å². The van der Waals surface area contributed by atoms with Crippen LogP contribution < -0.4 is 5.32 Å². The summed E-state index contributed by atoms with van der Waals surface area (Å²) in [5.74, 6) is 3.24. The molecule has 1 aliphatic carbocycles. The number of nitrogens with zero attached hydrogens (tertiary/aromatic N) is 1. The molecule has 1 fully saturated rings. The summed E-state index contributed by atoms with van der Waals surface area (Å²) in [4.78, 5) is 4.21. The van der Waals surface area contributed by atoms with E-state index < -0.39 is 0 Å². The standard InChI is InChI=1S/C10H16N2O/c1-7(8-3-4-8)9-5-12-10(13-9)6-11-2/h5,7-8,11H,3-4,6H2,1-2H3. The highest BCUT2D eigenvalue weighted by atomic mass is 16.4. The van der Waals surface area contributed by atoms with Gasteiger partial charge in [-0.2, -0.15) is 0 Å². The van der Waals surface area contributed by atoms with Gasteiger partial charge >= 0.3 is 0 Å². The smallest absolute Gasteiger partial charge is 0.208 e. The van der Waals surface area contributed by atoms with Gasteiger partial charge in [-0.3, -0.25) is 0 Å². The first-order valence-corrected chi connectivity index (χ1v) is 4.90. The number of rotatable bonds is 4. The molecule has 0 spiro atoms. The normalized spacial score (nSPS) is 18.9. The minimum atomic E-state index is 0.554. The van der Waals surface area contributed by atoms with E-state index in [0.29, 0.717) is 5.92 Å². The highest BCUT2D eigenvalue weighted by Crippen LogP contribution is 2.42. The fourth-order valence-corrected chi connectivity index (χ4v) is 1.60. The van der Waals surface area contributed by atoms with E-state index in [1.807, 2.05) is 13.2 Å². The van der Waals surface area contributed by atoms with Crippen molar-refractivity contribution in [3.8, 4) is 0 Å². The first-order valence-electron chi connectivity index (χ1n) is 4.90. The summed E-state index contributed by atoms with van der Waals surface area (Å²) in [5, 5.41) is 3.02. The molecule has 3 heteroatoms. The maximum Gasteiger partial charge on any atom is 0.208 e. The Hall–Kier alpha value is -0.830. The molecular formula is C10H16N2O. The molecule has 0 aliphatic heterocycles. The average molecular weight is 180 g/mol. The van der Waals surface area contributed by atoms with Crippen molar-refractivity contribution in [3.63, 3.8) is 0 Å². The highest BCUT2D eigenvalue weighted by molar-refractivity contribution is 5.05. The van der Waals surface area contributed by atoms with Crippen molar-refractivity contribution in [2.24, 2.45) is 5.92 Å². The van der Waals surface area contributed by atoms with Gasteiger partial charge in [0.05, 0.1) is 12.7 Å². The Morgan fingerprint density at radius 3 is 3.08 bits per heavy atom. The van der Waals surface area contributed by atoms with Crippen molar-refractivity contribution < 1.29 is 4.42 Å². The summed E-state index contributed by atoms with van der Waals surface area (Å²) in [6, 6.07) is 0. The number of hydrogen-bond acceptors (Lipinski definition) is 3. The Morgan fingerprint density at radius 1 is 1.69 bits per heavy atom. The van der Waals surface area contributed by atoms with Gasteiger partial charge < -0.3 is 9.73 Å². The molecule has 1 N–H and O–H groups in total. The topological polar surface area (TPSA) is 38.1 Å². The lowest BCUT2D eigenvalue weighted by atomic mass is 10.0. The van der Waals surface area contributed by atoms with Crippen LogP contribution in [0.25, 0.3) is 0 Å². The summed E-state index contributed by atoms with van der Waals surface area (Å²) in [5.41, 5.74) is 0. The van der Waals surface area contributed by atoms with Gasteiger partial charge in [0.2, 0.25) is 5.89 Å². The van der Waals surface area contributed by atoms with E-state index in [4.69, 9.17) is 4.42 Å². The van der Waals surface area contributed by atoms with Crippen LogP contribution >= 0.6 is 0 Å². The van der Waals surface area contributed by atoms with Gasteiger partial charge in [0.15, 0.2) is 0 Å². The van der Waals surface area contributed by atoms with Crippen LogP contribution in [0.15, 0.2) is 10.6 Å². The minimum absolute atomic E-state index is 0.554. The Morgan fingerprint density at radius 2 is 2.46 bits per heavy atom. The Labute approximate surface area is 78.5 Å². The summed E-state index contributed by atoms with van der Waals surface area (Å²) < 4.78 is 5.61. The van der Waals surface area contributed by atoms with E-state index in [9.17, 15) is 0 Å². The molecular weight excluding hydrogens is 164 g/mol. The van der Waals surface area contributed by atoms with Crippen LogP contribution in [-0.4, -0.2) is 12.0 Å². The summed E-state index contributed by atoms with van der Waals surface area (Å²) in [7, 11) is 1.90. The molecule has 2 rings (SSSR count). The van der Waals surface area contributed by atoms with E-state index in [1.54, 1.807) is 0 Å². The van der Waals surface area contributed by atoms with Crippen LogP contribution in [0.4, 0.5) is 0 Å². The van der Waals surface area contributed by atoms with E-state index in [0.717, 1.165) is 24.1 Å². The largest absolute Gasteiger partial charge is 0.444 e. The summed E-state index contributed by atoms with van der Waals surface area (Å²) in [6.45, 7) is 2.94. The maximum absolute atomic E-state index is 5.61. The first-order chi connectivity index (χ1) is 6.31. The molecule has 13 heavy (non-hydrogen) atoms. The molecule has 0 radical (unpaired) electrons. The number of aromatic nitrogens is 1. The molecule has 1 saturated carbocycles. The highest BCUT2D eigenvalue weighted by Gasteiger charge is 2.31. The third-order valence-corrected chi connectivity index (χ3v) is 2.68. The summed E-state index contributed by atoms with van der Waals surface area (Å²) >= 11 is 0. The van der Waals surface area contributed by atoms with Crippen LogP contribution in [0.1, 0.15) is 37.3 Å². The second-order valence-electron chi connectivity index (χ2n) is 3.81. The molecule has 0 amide bonds. The molecule has 1 aliphatic rings. The first kappa shape index (κ1) is 8.75. The quantitative estimate of drug-likeness (QED) is 0.769. The van der Waals surface area contributed by atoms with E-state index >= 15 is 0 Å². The van der Waals surface area contributed by atoms with Gasteiger partial charge in [-0.15, -0.1) is 0 Å². The molecule has 3 nitrogen and oxygen atoms in total. The molecule has 1 aromatic heterocycles. The monoisotopic (exact) mass is 180 g/mol. The van der Waals surface area contributed by atoms with Crippen molar-refractivity contribution in [3.05, 3.63) is 17.8 Å². The van der Waals surface area contributed by atoms with Gasteiger partial charge in [0, 0.05) is 5.92 Å².